The number of carbonyl (C=O) groups is 1. The van der Waals surface area contributed by atoms with Crippen LogP contribution in [-0.2, 0) is 4.79 Å². The first-order chi connectivity index (χ1) is 6.20. The lowest BCUT2D eigenvalue weighted by Gasteiger charge is -2.32. The van der Waals surface area contributed by atoms with Gasteiger partial charge < -0.3 is 10.6 Å². The number of amides is 1. The van der Waals surface area contributed by atoms with Crippen LogP contribution in [0.15, 0.2) is 0 Å². The number of hydrogen-bond donors (Lipinski definition) is 2. The van der Waals surface area contributed by atoms with Gasteiger partial charge >= 0.3 is 0 Å². The van der Waals surface area contributed by atoms with Gasteiger partial charge in [0.2, 0.25) is 5.91 Å². The third kappa shape index (κ3) is 1.85. The SMILES string of the molecule is CC1(NC(=O)[C@H]2CCN2)CCCC1. The van der Waals surface area contributed by atoms with Crippen LogP contribution in [0.3, 0.4) is 0 Å². The molecule has 1 aliphatic heterocycles. The van der Waals surface area contributed by atoms with Gasteiger partial charge in [-0.1, -0.05) is 12.8 Å². The zero-order valence-corrected chi connectivity index (χ0v) is 8.23. The Morgan fingerprint density at radius 1 is 1.46 bits per heavy atom. The summed E-state index contributed by atoms with van der Waals surface area (Å²) in [5.41, 5.74) is 0.0916. The summed E-state index contributed by atoms with van der Waals surface area (Å²) in [7, 11) is 0. The molecule has 1 saturated heterocycles. The lowest BCUT2D eigenvalue weighted by Crippen LogP contribution is -2.57. The van der Waals surface area contributed by atoms with E-state index in [1.807, 2.05) is 0 Å². The Balaban J connectivity index is 1.85. The van der Waals surface area contributed by atoms with Gasteiger partial charge in [-0.05, 0) is 32.7 Å². The molecule has 1 amide bonds. The van der Waals surface area contributed by atoms with Crippen molar-refractivity contribution in [1.82, 2.24) is 10.6 Å². The molecule has 3 nitrogen and oxygen atoms in total. The van der Waals surface area contributed by atoms with Crippen LogP contribution < -0.4 is 10.6 Å². The Kier molecular flexibility index (Phi) is 2.28. The van der Waals surface area contributed by atoms with Crippen molar-refractivity contribution in [3.8, 4) is 0 Å². The number of nitrogens with one attached hydrogen (secondary N) is 2. The second-order valence-corrected chi connectivity index (χ2v) is 4.55. The van der Waals surface area contributed by atoms with Gasteiger partial charge in [0.15, 0.2) is 0 Å². The van der Waals surface area contributed by atoms with E-state index in [1.54, 1.807) is 0 Å². The van der Waals surface area contributed by atoms with Crippen LogP contribution in [-0.4, -0.2) is 24.0 Å². The molecule has 74 valence electrons. The Bertz CT molecular complexity index is 205. The molecule has 2 rings (SSSR count). The second-order valence-electron chi connectivity index (χ2n) is 4.55. The normalized spacial score (nSPS) is 31.0. The number of rotatable bonds is 2. The van der Waals surface area contributed by atoms with E-state index in [2.05, 4.69) is 17.6 Å². The number of carbonyl (C=O) groups excluding carboxylic acids is 1. The maximum Gasteiger partial charge on any atom is 0.237 e. The van der Waals surface area contributed by atoms with Gasteiger partial charge in [-0.3, -0.25) is 4.79 Å². The van der Waals surface area contributed by atoms with E-state index in [-0.39, 0.29) is 17.5 Å². The summed E-state index contributed by atoms with van der Waals surface area (Å²) >= 11 is 0. The predicted molar refractivity (Wildman–Crippen MR) is 51.4 cm³/mol. The lowest BCUT2D eigenvalue weighted by atomic mass is 9.98. The quantitative estimate of drug-likeness (QED) is 0.663. The Morgan fingerprint density at radius 3 is 2.54 bits per heavy atom. The molecule has 0 spiro atoms. The minimum atomic E-state index is 0.0916. The molecule has 0 aromatic rings. The molecule has 0 aromatic heterocycles. The molecular weight excluding hydrogens is 164 g/mol. The van der Waals surface area contributed by atoms with Crippen molar-refractivity contribution in [3.63, 3.8) is 0 Å². The average molecular weight is 182 g/mol. The summed E-state index contributed by atoms with van der Waals surface area (Å²) < 4.78 is 0. The average Bonchev–Trinajstić information content (AvgIpc) is 2.31. The van der Waals surface area contributed by atoms with Gasteiger partial charge in [-0.15, -0.1) is 0 Å². The molecule has 2 aliphatic rings. The van der Waals surface area contributed by atoms with Gasteiger partial charge in [0.1, 0.15) is 0 Å². The molecular formula is C10H18N2O. The predicted octanol–water partition coefficient (Wildman–Crippen LogP) is 0.797. The van der Waals surface area contributed by atoms with E-state index in [1.165, 1.54) is 12.8 Å². The first-order valence-corrected chi connectivity index (χ1v) is 5.25. The molecule has 1 saturated carbocycles. The molecule has 2 N–H and O–H groups in total. The minimum Gasteiger partial charge on any atom is -0.350 e. The summed E-state index contributed by atoms with van der Waals surface area (Å²) in [5, 5.41) is 6.28. The summed E-state index contributed by atoms with van der Waals surface area (Å²) in [6.07, 6.45) is 5.81. The van der Waals surface area contributed by atoms with Gasteiger partial charge in [-0.25, -0.2) is 0 Å². The van der Waals surface area contributed by atoms with Gasteiger partial charge in [0.25, 0.3) is 0 Å². The number of hydrogen-bond acceptors (Lipinski definition) is 2. The molecule has 1 aliphatic carbocycles. The first-order valence-electron chi connectivity index (χ1n) is 5.25. The summed E-state index contributed by atoms with van der Waals surface area (Å²) in [6, 6.07) is 0.0948. The standard InChI is InChI=1S/C10H18N2O/c1-10(5-2-3-6-10)12-9(13)8-4-7-11-8/h8,11H,2-7H2,1H3,(H,12,13)/t8-/m1/s1. The first kappa shape index (κ1) is 9.00. The molecule has 1 heterocycles. The van der Waals surface area contributed by atoms with Crippen LogP contribution in [0.2, 0.25) is 0 Å². The third-order valence-corrected chi connectivity index (χ3v) is 3.27. The largest absolute Gasteiger partial charge is 0.350 e. The molecule has 0 aromatic carbocycles. The second kappa shape index (κ2) is 3.29. The molecule has 0 unspecified atom stereocenters. The third-order valence-electron chi connectivity index (χ3n) is 3.27. The minimum absolute atomic E-state index is 0.0916. The summed E-state index contributed by atoms with van der Waals surface area (Å²) in [6.45, 7) is 3.16. The van der Waals surface area contributed by atoms with Crippen molar-refractivity contribution in [1.29, 1.82) is 0 Å². The van der Waals surface area contributed by atoms with E-state index >= 15 is 0 Å². The molecule has 2 fully saturated rings. The summed E-state index contributed by atoms with van der Waals surface area (Å²) in [4.78, 5) is 11.6. The van der Waals surface area contributed by atoms with E-state index in [0.717, 1.165) is 25.8 Å². The molecule has 3 heteroatoms. The van der Waals surface area contributed by atoms with Gasteiger partial charge in [0.05, 0.1) is 6.04 Å². The molecule has 13 heavy (non-hydrogen) atoms. The Labute approximate surface area is 79.3 Å². The van der Waals surface area contributed by atoms with Crippen molar-refractivity contribution < 1.29 is 4.79 Å². The highest BCUT2D eigenvalue weighted by Crippen LogP contribution is 2.29. The van der Waals surface area contributed by atoms with Crippen molar-refractivity contribution in [2.75, 3.05) is 6.54 Å². The Morgan fingerprint density at radius 2 is 2.08 bits per heavy atom. The zero-order chi connectivity index (χ0) is 9.31. The fourth-order valence-electron chi connectivity index (χ4n) is 2.18. The van der Waals surface area contributed by atoms with Gasteiger partial charge in [0, 0.05) is 5.54 Å². The fourth-order valence-corrected chi connectivity index (χ4v) is 2.18. The van der Waals surface area contributed by atoms with Crippen LogP contribution in [0.1, 0.15) is 39.0 Å². The smallest absolute Gasteiger partial charge is 0.237 e. The van der Waals surface area contributed by atoms with Crippen molar-refractivity contribution >= 4 is 5.91 Å². The highest BCUT2D eigenvalue weighted by atomic mass is 16.2. The topological polar surface area (TPSA) is 41.1 Å². The van der Waals surface area contributed by atoms with E-state index in [9.17, 15) is 4.79 Å². The molecule has 0 radical (unpaired) electrons. The van der Waals surface area contributed by atoms with Crippen LogP contribution in [0, 0.1) is 0 Å². The van der Waals surface area contributed by atoms with Crippen molar-refractivity contribution in [2.45, 2.75) is 50.6 Å². The zero-order valence-electron chi connectivity index (χ0n) is 8.23. The van der Waals surface area contributed by atoms with Crippen LogP contribution in [0.4, 0.5) is 0 Å². The maximum atomic E-state index is 11.6. The molecule has 1 atom stereocenters. The van der Waals surface area contributed by atoms with Crippen LogP contribution in [0.25, 0.3) is 0 Å². The van der Waals surface area contributed by atoms with Crippen molar-refractivity contribution in [3.05, 3.63) is 0 Å². The van der Waals surface area contributed by atoms with E-state index in [4.69, 9.17) is 0 Å². The van der Waals surface area contributed by atoms with Crippen LogP contribution in [0.5, 0.6) is 0 Å². The monoisotopic (exact) mass is 182 g/mol. The van der Waals surface area contributed by atoms with E-state index < -0.39 is 0 Å². The maximum absolute atomic E-state index is 11.6. The lowest BCUT2D eigenvalue weighted by molar-refractivity contribution is -0.126. The highest BCUT2D eigenvalue weighted by molar-refractivity contribution is 5.83. The van der Waals surface area contributed by atoms with Crippen molar-refractivity contribution in [2.24, 2.45) is 0 Å². The molecule has 0 bridgehead atoms. The Hall–Kier alpha value is -0.570. The highest BCUT2D eigenvalue weighted by Gasteiger charge is 2.33. The van der Waals surface area contributed by atoms with Crippen LogP contribution >= 0.6 is 0 Å². The van der Waals surface area contributed by atoms with Gasteiger partial charge in [-0.2, -0.15) is 0 Å². The fraction of sp³-hybridized carbons (Fsp3) is 0.900. The van der Waals surface area contributed by atoms with E-state index in [0.29, 0.717) is 0 Å². The summed E-state index contributed by atoms with van der Waals surface area (Å²) in [5.74, 6) is 0.204.